The molecule has 1 aliphatic heterocycles. The van der Waals surface area contributed by atoms with Crippen LogP contribution in [0, 0.1) is 0 Å². The molecule has 1 saturated carbocycles. The molecule has 2 heterocycles. The van der Waals surface area contributed by atoms with Crippen LogP contribution in [0.15, 0.2) is 30.5 Å². The topological polar surface area (TPSA) is 44.5 Å². The zero-order chi connectivity index (χ0) is 19.3. The highest BCUT2D eigenvalue weighted by molar-refractivity contribution is 5.63. The van der Waals surface area contributed by atoms with Gasteiger partial charge in [-0.15, -0.1) is 0 Å². The van der Waals surface area contributed by atoms with Gasteiger partial charge in [-0.1, -0.05) is 43.5 Å². The Morgan fingerprint density at radius 1 is 0.964 bits per heavy atom. The molecule has 28 heavy (non-hydrogen) atoms. The maximum atomic E-state index is 9.12. The van der Waals surface area contributed by atoms with Crippen molar-refractivity contribution >= 4 is 0 Å². The van der Waals surface area contributed by atoms with E-state index in [1.54, 1.807) is 0 Å². The van der Waals surface area contributed by atoms with Gasteiger partial charge in [0.05, 0.1) is 12.3 Å². The number of rotatable bonds is 6. The molecule has 4 rings (SSSR count). The molecule has 5 heteroatoms. The summed E-state index contributed by atoms with van der Waals surface area (Å²) < 4.78 is 1.95. The number of hydrogen-bond donors (Lipinski definition) is 1. The van der Waals surface area contributed by atoms with Crippen molar-refractivity contribution in [3.05, 3.63) is 41.6 Å². The van der Waals surface area contributed by atoms with Gasteiger partial charge in [0.2, 0.25) is 0 Å². The minimum atomic E-state index is 0.254. The summed E-state index contributed by atoms with van der Waals surface area (Å²) in [7, 11) is 2.02. The second-order valence-corrected chi connectivity index (χ2v) is 8.47. The van der Waals surface area contributed by atoms with Crippen LogP contribution < -0.4 is 0 Å². The lowest BCUT2D eigenvalue weighted by molar-refractivity contribution is 0.108. The van der Waals surface area contributed by atoms with E-state index in [1.165, 1.54) is 48.8 Å². The summed E-state index contributed by atoms with van der Waals surface area (Å²) in [4.78, 5) is 4.84. The molecule has 0 atom stereocenters. The lowest BCUT2D eigenvalue weighted by Gasteiger charge is -2.34. The molecule has 1 aromatic heterocycles. The van der Waals surface area contributed by atoms with Crippen molar-refractivity contribution < 1.29 is 5.11 Å². The summed E-state index contributed by atoms with van der Waals surface area (Å²) in [6.07, 6.45) is 9.02. The van der Waals surface area contributed by atoms with Crippen molar-refractivity contribution in [2.75, 3.05) is 39.3 Å². The molecule has 0 unspecified atom stereocenters. The summed E-state index contributed by atoms with van der Waals surface area (Å²) in [5.74, 6) is 0.751. The van der Waals surface area contributed by atoms with Gasteiger partial charge < -0.3 is 5.11 Å². The normalized spacial score (nSPS) is 19.9. The van der Waals surface area contributed by atoms with Crippen LogP contribution in [0.2, 0.25) is 0 Å². The first-order chi connectivity index (χ1) is 13.7. The molecule has 152 valence electrons. The third-order valence-corrected chi connectivity index (χ3v) is 6.44. The summed E-state index contributed by atoms with van der Waals surface area (Å²) in [5, 5.41) is 13.9. The Labute approximate surface area is 169 Å². The maximum absolute atomic E-state index is 9.12. The van der Waals surface area contributed by atoms with Gasteiger partial charge in [-0.25, -0.2) is 0 Å². The van der Waals surface area contributed by atoms with E-state index in [0.29, 0.717) is 0 Å². The van der Waals surface area contributed by atoms with E-state index in [2.05, 4.69) is 40.3 Å². The zero-order valence-electron chi connectivity index (χ0n) is 17.2. The first-order valence-corrected chi connectivity index (χ1v) is 10.9. The number of piperazine rings is 1. The standard InChI is InChI=1S/C23H34N4O/c1-25-17-22(18-27-13-11-26(12-14-27)15-16-28)23(24-25)21-9-7-20(8-10-21)19-5-3-2-4-6-19/h7-10,17,19,28H,2-6,11-16,18H2,1H3. The van der Waals surface area contributed by atoms with Gasteiger partial charge in [0, 0.05) is 63.6 Å². The summed E-state index contributed by atoms with van der Waals surface area (Å²) in [5.41, 5.74) is 5.16. The lowest BCUT2D eigenvalue weighted by Crippen LogP contribution is -2.46. The number of aryl methyl sites for hydroxylation is 1. The third-order valence-electron chi connectivity index (χ3n) is 6.44. The van der Waals surface area contributed by atoms with Crippen LogP contribution in [0.4, 0.5) is 0 Å². The fourth-order valence-electron chi connectivity index (χ4n) is 4.80. The van der Waals surface area contributed by atoms with E-state index in [0.717, 1.165) is 50.9 Å². The second-order valence-electron chi connectivity index (χ2n) is 8.47. The van der Waals surface area contributed by atoms with Crippen LogP contribution >= 0.6 is 0 Å². The Morgan fingerprint density at radius 2 is 1.64 bits per heavy atom. The second kappa shape index (κ2) is 9.21. The van der Waals surface area contributed by atoms with Gasteiger partial charge in [0.25, 0.3) is 0 Å². The summed E-state index contributed by atoms with van der Waals surface area (Å²) >= 11 is 0. The van der Waals surface area contributed by atoms with Crippen molar-refractivity contribution in [3.8, 4) is 11.3 Å². The van der Waals surface area contributed by atoms with Crippen molar-refractivity contribution in [3.63, 3.8) is 0 Å². The molecule has 1 saturated heterocycles. The Bertz CT molecular complexity index is 740. The Morgan fingerprint density at radius 3 is 2.32 bits per heavy atom. The van der Waals surface area contributed by atoms with Crippen molar-refractivity contribution in [1.82, 2.24) is 19.6 Å². The van der Waals surface area contributed by atoms with Crippen molar-refractivity contribution in [2.45, 2.75) is 44.6 Å². The van der Waals surface area contributed by atoms with Gasteiger partial charge in [-0.3, -0.25) is 14.5 Å². The highest BCUT2D eigenvalue weighted by atomic mass is 16.3. The quantitative estimate of drug-likeness (QED) is 0.833. The smallest absolute Gasteiger partial charge is 0.0968 e. The number of hydrogen-bond acceptors (Lipinski definition) is 4. The molecular weight excluding hydrogens is 348 g/mol. The summed E-state index contributed by atoms with van der Waals surface area (Å²) in [6, 6.07) is 9.21. The van der Waals surface area contributed by atoms with Crippen molar-refractivity contribution in [2.24, 2.45) is 7.05 Å². The molecule has 0 radical (unpaired) electrons. The predicted molar refractivity (Wildman–Crippen MR) is 113 cm³/mol. The molecule has 0 bridgehead atoms. The van der Waals surface area contributed by atoms with Gasteiger partial charge in [0.1, 0.15) is 0 Å². The number of aliphatic hydroxyl groups excluding tert-OH is 1. The SMILES string of the molecule is Cn1cc(CN2CCN(CCO)CC2)c(-c2ccc(C3CCCCC3)cc2)n1. The minimum Gasteiger partial charge on any atom is -0.395 e. The monoisotopic (exact) mass is 382 g/mol. The molecule has 1 N–H and O–H groups in total. The molecule has 1 aliphatic carbocycles. The highest BCUT2D eigenvalue weighted by Gasteiger charge is 2.20. The highest BCUT2D eigenvalue weighted by Crippen LogP contribution is 2.34. The van der Waals surface area contributed by atoms with E-state index in [1.807, 2.05) is 11.7 Å². The van der Waals surface area contributed by atoms with Gasteiger partial charge in [-0.2, -0.15) is 5.10 Å². The number of aromatic nitrogens is 2. The van der Waals surface area contributed by atoms with Crippen LogP contribution in [-0.2, 0) is 13.6 Å². The Balaban J connectivity index is 1.44. The molecule has 2 aliphatic rings. The summed E-state index contributed by atoms with van der Waals surface area (Å²) in [6.45, 7) is 6.16. The maximum Gasteiger partial charge on any atom is 0.0968 e. The molecule has 2 aromatic rings. The van der Waals surface area contributed by atoms with Crippen LogP contribution in [-0.4, -0.2) is 64.0 Å². The van der Waals surface area contributed by atoms with Gasteiger partial charge >= 0.3 is 0 Å². The van der Waals surface area contributed by atoms with E-state index in [9.17, 15) is 0 Å². The predicted octanol–water partition coefficient (Wildman–Crippen LogP) is 3.24. The first kappa shape index (κ1) is 19.6. The fraction of sp³-hybridized carbons (Fsp3) is 0.609. The molecule has 0 spiro atoms. The van der Waals surface area contributed by atoms with Crippen LogP contribution in [0.1, 0.15) is 49.1 Å². The third kappa shape index (κ3) is 4.65. The largest absolute Gasteiger partial charge is 0.395 e. The molecule has 2 fully saturated rings. The van der Waals surface area contributed by atoms with Crippen LogP contribution in [0.3, 0.4) is 0 Å². The first-order valence-electron chi connectivity index (χ1n) is 10.9. The van der Waals surface area contributed by atoms with Crippen molar-refractivity contribution in [1.29, 1.82) is 0 Å². The van der Waals surface area contributed by atoms with Gasteiger partial charge in [-0.05, 0) is 24.3 Å². The number of β-amino-alcohol motifs (C(OH)–C–C–N with tert-alkyl or cyclic N) is 1. The number of nitrogens with zero attached hydrogens (tertiary/aromatic N) is 4. The van der Waals surface area contributed by atoms with Crippen LogP contribution in [0.25, 0.3) is 11.3 Å². The fourth-order valence-corrected chi connectivity index (χ4v) is 4.80. The van der Waals surface area contributed by atoms with Crippen LogP contribution in [0.5, 0.6) is 0 Å². The molecule has 5 nitrogen and oxygen atoms in total. The lowest BCUT2D eigenvalue weighted by atomic mass is 9.84. The van der Waals surface area contributed by atoms with E-state index in [4.69, 9.17) is 10.2 Å². The zero-order valence-corrected chi connectivity index (χ0v) is 17.2. The Hall–Kier alpha value is -1.69. The average molecular weight is 383 g/mol. The number of benzene rings is 1. The van der Waals surface area contributed by atoms with E-state index in [-0.39, 0.29) is 6.61 Å². The van der Waals surface area contributed by atoms with E-state index < -0.39 is 0 Å². The van der Waals surface area contributed by atoms with Gasteiger partial charge in [0.15, 0.2) is 0 Å². The molecular formula is C23H34N4O. The average Bonchev–Trinajstić information content (AvgIpc) is 3.10. The Kier molecular flexibility index (Phi) is 6.45. The minimum absolute atomic E-state index is 0.254. The van der Waals surface area contributed by atoms with E-state index >= 15 is 0 Å². The number of aliphatic hydroxyl groups is 1. The molecule has 0 amide bonds. The molecule has 1 aromatic carbocycles.